The largest absolute Gasteiger partial charge is 0.356 e. The zero-order valence-electron chi connectivity index (χ0n) is 12.8. The molecule has 2 fully saturated rings. The van der Waals surface area contributed by atoms with Crippen LogP contribution in [0.25, 0.3) is 11.0 Å². The molecule has 4 nitrogen and oxygen atoms in total. The Morgan fingerprint density at radius 3 is 2.95 bits per heavy atom. The zero-order chi connectivity index (χ0) is 14.9. The van der Waals surface area contributed by atoms with Crippen molar-refractivity contribution in [1.29, 1.82) is 0 Å². The number of aromatic nitrogens is 2. The number of nitrogens with one attached hydrogen (secondary N) is 2. The highest BCUT2D eigenvalue weighted by atomic mass is 16.1. The molecule has 3 atom stereocenters. The number of hydrogen-bond donors (Lipinski definition) is 2. The van der Waals surface area contributed by atoms with Gasteiger partial charge in [0.2, 0.25) is 5.91 Å². The number of aromatic amines is 1. The van der Waals surface area contributed by atoms with Gasteiger partial charge in [0.1, 0.15) is 5.82 Å². The number of fused-ring (bicyclic) bond motifs is 3. The minimum Gasteiger partial charge on any atom is -0.356 e. The van der Waals surface area contributed by atoms with Gasteiger partial charge in [-0.05, 0) is 49.1 Å². The molecule has 1 heterocycles. The molecule has 22 heavy (non-hydrogen) atoms. The molecule has 1 amide bonds. The smallest absolute Gasteiger partial charge is 0.220 e. The number of rotatable bonds is 5. The predicted molar refractivity (Wildman–Crippen MR) is 86.4 cm³/mol. The Kier molecular flexibility index (Phi) is 3.60. The third-order valence-electron chi connectivity index (χ3n) is 5.45. The van der Waals surface area contributed by atoms with Gasteiger partial charge in [-0.3, -0.25) is 4.79 Å². The first-order chi connectivity index (χ1) is 10.8. The van der Waals surface area contributed by atoms with Crippen LogP contribution in [0.5, 0.6) is 0 Å². The molecule has 2 N–H and O–H groups in total. The van der Waals surface area contributed by atoms with E-state index in [0.29, 0.717) is 12.5 Å². The number of hydrogen-bond acceptors (Lipinski definition) is 2. The third-order valence-corrected chi connectivity index (χ3v) is 5.45. The van der Waals surface area contributed by atoms with Crippen LogP contribution in [0.2, 0.25) is 0 Å². The first-order valence-electron chi connectivity index (χ1n) is 8.48. The van der Waals surface area contributed by atoms with E-state index in [1.54, 1.807) is 0 Å². The number of carbonyl (C=O) groups excluding carboxylic acids is 1. The van der Waals surface area contributed by atoms with Crippen LogP contribution >= 0.6 is 0 Å². The normalized spacial score (nSPS) is 26.6. The van der Waals surface area contributed by atoms with Gasteiger partial charge in [-0.15, -0.1) is 0 Å². The second-order valence-electron chi connectivity index (χ2n) is 6.94. The Morgan fingerprint density at radius 2 is 2.18 bits per heavy atom. The van der Waals surface area contributed by atoms with Gasteiger partial charge in [0.05, 0.1) is 11.0 Å². The number of benzene rings is 1. The SMILES string of the molecule is O=C(C[C@H]1C[C@H]2CC[C@H]1C2)NCCc1nc2ccccc2[nH]1. The second-order valence-corrected chi connectivity index (χ2v) is 6.94. The molecule has 1 aromatic carbocycles. The molecule has 0 aliphatic heterocycles. The molecule has 0 saturated heterocycles. The Hall–Kier alpha value is -1.84. The van der Waals surface area contributed by atoms with Crippen molar-refractivity contribution >= 4 is 16.9 Å². The van der Waals surface area contributed by atoms with Gasteiger partial charge in [0, 0.05) is 19.4 Å². The lowest BCUT2D eigenvalue weighted by Gasteiger charge is -2.20. The van der Waals surface area contributed by atoms with Crippen LogP contribution < -0.4 is 5.32 Å². The molecule has 2 bridgehead atoms. The average Bonchev–Trinajstić information content (AvgIpc) is 3.21. The lowest BCUT2D eigenvalue weighted by molar-refractivity contribution is -0.122. The maximum Gasteiger partial charge on any atom is 0.220 e. The van der Waals surface area contributed by atoms with Crippen LogP contribution in [0, 0.1) is 17.8 Å². The molecule has 2 aromatic rings. The first kappa shape index (κ1) is 13.8. The molecule has 1 aromatic heterocycles. The van der Waals surface area contributed by atoms with E-state index in [9.17, 15) is 4.79 Å². The quantitative estimate of drug-likeness (QED) is 0.891. The molecular weight excluding hydrogens is 274 g/mol. The van der Waals surface area contributed by atoms with Gasteiger partial charge in [-0.2, -0.15) is 0 Å². The number of H-pyrrole nitrogens is 1. The Labute approximate surface area is 130 Å². The van der Waals surface area contributed by atoms with Crippen molar-refractivity contribution < 1.29 is 4.79 Å². The standard InChI is InChI=1S/C18H23N3O/c22-18(11-14-10-12-5-6-13(14)9-12)19-8-7-17-20-15-3-1-2-4-16(15)21-17/h1-4,12-14H,5-11H2,(H,19,22)(H,20,21)/t12-,13-,14+/m0/s1. The Morgan fingerprint density at radius 1 is 1.27 bits per heavy atom. The van der Waals surface area contributed by atoms with Crippen LogP contribution in [0.1, 0.15) is 37.9 Å². The van der Waals surface area contributed by atoms with Gasteiger partial charge < -0.3 is 10.3 Å². The minimum atomic E-state index is 0.216. The highest BCUT2D eigenvalue weighted by molar-refractivity contribution is 5.76. The third kappa shape index (κ3) is 2.74. The van der Waals surface area contributed by atoms with E-state index >= 15 is 0 Å². The van der Waals surface area contributed by atoms with E-state index in [2.05, 4.69) is 15.3 Å². The van der Waals surface area contributed by atoms with Gasteiger partial charge in [0.15, 0.2) is 0 Å². The molecule has 4 rings (SSSR count). The number of para-hydroxylation sites is 2. The molecule has 0 unspecified atom stereocenters. The summed E-state index contributed by atoms with van der Waals surface area (Å²) in [4.78, 5) is 19.9. The molecular formula is C18H23N3O. The topological polar surface area (TPSA) is 57.8 Å². The average molecular weight is 297 g/mol. The monoisotopic (exact) mass is 297 g/mol. The Balaban J connectivity index is 1.25. The molecule has 2 aliphatic rings. The molecule has 0 radical (unpaired) electrons. The van der Waals surface area contributed by atoms with Crippen LogP contribution in [-0.2, 0) is 11.2 Å². The van der Waals surface area contributed by atoms with Gasteiger partial charge in [-0.1, -0.05) is 18.6 Å². The fraction of sp³-hybridized carbons (Fsp3) is 0.556. The predicted octanol–water partition coefficient (Wildman–Crippen LogP) is 3.05. The minimum absolute atomic E-state index is 0.216. The second kappa shape index (κ2) is 5.75. The molecule has 116 valence electrons. The van der Waals surface area contributed by atoms with E-state index in [1.165, 1.54) is 25.7 Å². The lowest BCUT2D eigenvalue weighted by atomic mass is 9.86. The van der Waals surface area contributed by atoms with Crippen LogP contribution in [0.15, 0.2) is 24.3 Å². The zero-order valence-corrected chi connectivity index (χ0v) is 12.8. The van der Waals surface area contributed by atoms with Gasteiger partial charge in [-0.25, -0.2) is 4.98 Å². The fourth-order valence-electron chi connectivity index (χ4n) is 4.38. The summed E-state index contributed by atoms with van der Waals surface area (Å²) in [6.07, 6.45) is 6.88. The van der Waals surface area contributed by atoms with E-state index in [4.69, 9.17) is 0 Å². The summed E-state index contributed by atoms with van der Waals surface area (Å²) in [5, 5.41) is 3.06. The fourth-order valence-corrected chi connectivity index (χ4v) is 4.38. The highest BCUT2D eigenvalue weighted by Crippen LogP contribution is 2.49. The van der Waals surface area contributed by atoms with Crippen molar-refractivity contribution in [3.63, 3.8) is 0 Å². The first-order valence-corrected chi connectivity index (χ1v) is 8.48. The van der Waals surface area contributed by atoms with Gasteiger partial charge in [0.25, 0.3) is 0 Å². The maximum absolute atomic E-state index is 12.1. The summed E-state index contributed by atoms with van der Waals surface area (Å²) in [6.45, 7) is 0.666. The summed E-state index contributed by atoms with van der Waals surface area (Å²) < 4.78 is 0. The van der Waals surface area contributed by atoms with Crippen molar-refractivity contribution in [2.45, 2.75) is 38.5 Å². The summed E-state index contributed by atoms with van der Waals surface area (Å²) in [5.74, 6) is 3.55. The molecule has 2 aliphatic carbocycles. The summed E-state index contributed by atoms with van der Waals surface area (Å²) in [5.41, 5.74) is 2.05. The van der Waals surface area contributed by atoms with E-state index in [1.807, 2.05) is 24.3 Å². The van der Waals surface area contributed by atoms with E-state index < -0.39 is 0 Å². The van der Waals surface area contributed by atoms with Crippen molar-refractivity contribution in [1.82, 2.24) is 15.3 Å². The lowest BCUT2D eigenvalue weighted by Crippen LogP contribution is -2.29. The number of carbonyl (C=O) groups is 1. The van der Waals surface area contributed by atoms with Crippen molar-refractivity contribution in [2.24, 2.45) is 17.8 Å². The van der Waals surface area contributed by atoms with E-state index in [0.717, 1.165) is 41.5 Å². The van der Waals surface area contributed by atoms with Crippen LogP contribution in [-0.4, -0.2) is 22.4 Å². The number of nitrogens with zero attached hydrogens (tertiary/aromatic N) is 1. The summed E-state index contributed by atoms with van der Waals surface area (Å²) in [7, 11) is 0. The number of amides is 1. The van der Waals surface area contributed by atoms with E-state index in [-0.39, 0.29) is 5.91 Å². The molecule has 4 heteroatoms. The van der Waals surface area contributed by atoms with Crippen LogP contribution in [0.3, 0.4) is 0 Å². The maximum atomic E-state index is 12.1. The van der Waals surface area contributed by atoms with Crippen LogP contribution in [0.4, 0.5) is 0 Å². The molecule has 2 saturated carbocycles. The summed E-state index contributed by atoms with van der Waals surface area (Å²) >= 11 is 0. The summed E-state index contributed by atoms with van der Waals surface area (Å²) in [6, 6.07) is 8.02. The van der Waals surface area contributed by atoms with Crippen molar-refractivity contribution in [2.75, 3.05) is 6.54 Å². The number of imidazole rings is 1. The van der Waals surface area contributed by atoms with Crippen molar-refractivity contribution in [3.05, 3.63) is 30.1 Å². The van der Waals surface area contributed by atoms with Crippen molar-refractivity contribution in [3.8, 4) is 0 Å². The highest BCUT2D eigenvalue weighted by Gasteiger charge is 2.39. The Bertz CT molecular complexity index is 645. The molecule has 0 spiro atoms. The van der Waals surface area contributed by atoms with Gasteiger partial charge >= 0.3 is 0 Å².